The number of halogens is 1. The topological polar surface area (TPSA) is 34.4 Å². The van der Waals surface area contributed by atoms with E-state index >= 15 is 0 Å². The average Bonchev–Trinajstić information content (AvgIpc) is 2.88. The number of aryl methyl sites for hydroxylation is 1. The van der Waals surface area contributed by atoms with E-state index in [1.807, 2.05) is 30.3 Å². The van der Waals surface area contributed by atoms with Crippen molar-refractivity contribution in [3.05, 3.63) is 52.4 Å². The van der Waals surface area contributed by atoms with Gasteiger partial charge in [-0.2, -0.15) is 0 Å². The van der Waals surface area contributed by atoms with Gasteiger partial charge >= 0.3 is 0 Å². The van der Waals surface area contributed by atoms with Crippen LogP contribution in [-0.4, -0.2) is 7.11 Å². The first-order chi connectivity index (χ1) is 9.24. The lowest BCUT2D eigenvalue weighted by molar-refractivity contribution is 0.405. The minimum absolute atomic E-state index is 0.644. The van der Waals surface area contributed by atoms with E-state index in [4.69, 9.17) is 20.8 Å². The van der Waals surface area contributed by atoms with Crippen molar-refractivity contribution in [2.45, 2.75) is 26.4 Å². The Balaban J connectivity index is 1.95. The van der Waals surface area contributed by atoms with Crippen LogP contribution >= 0.6 is 11.6 Å². The molecule has 0 spiro atoms. The molecule has 0 aliphatic rings. The van der Waals surface area contributed by atoms with Gasteiger partial charge in [0.15, 0.2) is 0 Å². The lowest BCUT2D eigenvalue weighted by Crippen LogP contribution is -2.13. The van der Waals surface area contributed by atoms with Gasteiger partial charge in [0.2, 0.25) is 0 Å². The monoisotopic (exact) mass is 279 g/mol. The second kappa shape index (κ2) is 6.64. The molecule has 1 aromatic heterocycles. The smallest absolute Gasteiger partial charge is 0.124 e. The number of hydrogen-bond acceptors (Lipinski definition) is 3. The van der Waals surface area contributed by atoms with Gasteiger partial charge in [-0.15, -0.1) is 0 Å². The first-order valence-corrected chi connectivity index (χ1v) is 6.72. The van der Waals surface area contributed by atoms with Crippen LogP contribution in [0.25, 0.3) is 0 Å². The summed E-state index contributed by atoms with van der Waals surface area (Å²) in [6.07, 6.45) is 0.915. The van der Waals surface area contributed by atoms with E-state index in [1.165, 1.54) is 0 Å². The van der Waals surface area contributed by atoms with Gasteiger partial charge in [-0.05, 0) is 24.3 Å². The fourth-order valence-electron chi connectivity index (χ4n) is 1.92. The van der Waals surface area contributed by atoms with Crippen LogP contribution in [-0.2, 0) is 19.5 Å². The number of rotatable bonds is 6. The fourth-order valence-corrected chi connectivity index (χ4v) is 2.15. The van der Waals surface area contributed by atoms with E-state index in [-0.39, 0.29) is 0 Å². The zero-order chi connectivity index (χ0) is 13.7. The largest absolute Gasteiger partial charge is 0.496 e. The van der Waals surface area contributed by atoms with Gasteiger partial charge in [0.05, 0.1) is 13.7 Å². The number of hydrogen-bond donors (Lipinski definition) is 1. The molecule has 0 saturated carbocycles. The first kappa shape index (κ1) is 14.0. The Morgan fingerprint density at radius 2 is 1.95 bits per heavy atom. The molecule has 3 nitrogen and oxygen atoms in total. The Morgan fingerprint density at radius 3 is 2.63 bits per heavy atom. The van der Waals surface area contributed by atoms with Crippen LogP contribution in [0, 0.1) is 0 Å². The average molecular weight is 280 g/mol. The van der Waals surface area contributed by atoms with E-state index in [2.05, 4.69) is 12.2 Å². The van der Waals surface area contributed by atoms with E-state index in [1.54, 1.807) is 7.11 Å². The van der Waals surface area contributed by atoms with Crippen LogP contribution in [0.3, 0.4) is 0 Å². The van der Waals surface area contributed by atoms with Crippen LogP contribution in [0.1, 0.15) is 24.0 Å². The molecule has 0 atom stereocenters. The highest BCUT2D eigenvalue weighted by Crippen LogP contribution is 2.25. The number of methoxy groups -OCH3 is 1. The molecule has 0 amide bonds. The Kier molecular flexibility index (Phi) is 4.88. The van der Waals surface area contributed by atoms with Crippen LogP contribution < -0.4 is 10.1 Å². The molecule has 2 rings (SSSR count). The molecule has 0 saturated heterocycles. The zero-order valence-corrected chi connectivity index (χ0v) is 12.0. The lowest BCUT2D eigenvalue weighted by Gasteiger charge is -2.10. The molecule has 1 N–H and O–H groups in total. The third kappa shape index (κ3) is 3.52. The van der Waals surface area contributed by atoms with Crippen molar-refractivity contribution in [2.75, 3.05) is 7.11 Å². The molecule has 1 heterocycles. The van der Waals surface area contributed by atoms with Crippen LogP contribution in [0.5, 0.6) is 5.75 Å². The van der Waals surface area contributed by atoms with Gasteiger partial charge in [-0.1, -0.05) is 24.6 Å². The summed E-state index contributed by atoms with van der Waals surface area (Å²) in [5, 5.41) is 4.02. The van der Waals surface area contributed by atoms with E-state index in [0.29, 0.717) is 18.1 Å². The van der Waals surface area contributed by atoms with E-state index < -0.39 is 0 Å². The summed E-state index contributed by atoms with van der Waals surface area (Å²) in [7, 11) is 1.65. The molecule has 0 aliphatic carbocycles. The van der Waals surface area contributed by atoms with Crippen LogP contribution in [0.4, 0.5) is 0 Å². The number of furan rings is 1. The second-order valence-electron chi connectivity index (χ2n) is 4.25. The highest BCUT2D eigenvalue weighted by atomic mass is 35.5. The summed E-state index contributed by atoms with van der Waals surface area (Å²) in [6.45, 7) is 3.39. The fraction of sp³-hybridized carbons (Fsp3) is 0.333. The Bertz CT molecular complexity index is 537. The maximum Gasteiger partial charge on any atom is 0.124 e. The molecule has 4 heteroatoms. The number of ether oxygens (including phenoxy) is 1. The third-order valence-electron chi connectivity index (χ3n) is 2.96. The standard InChI is InChI=1S/C15H18ClNO2/c1-3-11-7-8-12(19-11)9-17-10-13-14(16)5-4-6-15(13)18-2/h4-8,17H,3,9-10H2,1-2H3. The maximum absolute atomic E-state index is 6.17. The van der Waals surface area contributed by atoms with Crippen molar-refractivity contribution in [2.24, 2.45) is 0 Å². The van der Waals surface area contributed by atoms with Gasteiger partial charge in [0.1, 0.15) is 17.3 Å². The van der Waals surface area contributed by atoms with Gasteiger partial charge in [0, 0.05) is 23.6 Å². The van der Waals surface area contributed by atoms with Crippen LogP contribution in [0.15, 0.2) is 34.7 Å². The highest BCUT2D eigenvalue weighted by molar-refractivity contribution is 6.31. The molecule has 0 unspecified atom stereocenters. The molecule has 0 radical (unpaired) electrons. The predicted molar refractivity (Wildman–Crippen MR) is 76.6 cm³/mol. The van der Waals surface area contributed by atoms with Gasteiger partial charge in [0.25, 0.3) is 0 Å². The summed E-state index contributed by atoms with van der Waals surface area (Å²) in [6, 6.07) is 9.65. The Labute approximate surface area is 118 Å². The normalized spacial score (nSPS) is 10.7. The zero-order valence-electron chi connectivity index (χ0n) is 11.2. The van der Waals surface area contributed by atoms with Crippen molar-refractivity contribution in [3.63, 3.8) is 0 Å². The number of benzene rings is 1. The molecule has 0 aliphatic heterocycles. The predicted octanol–water partition coefficient (Wildman–Crippen LogP) is 3.79. The third-order valence-corrected chi connectivity index (χ3v) is 3.32. The minimum atomic E-state index is 0.644. The van der Waals surface area contributed by atoms with Crippen molar-refractivity contribution >= 4 is 11.6 Å². The van der Waals surface area contributed by atoms with Gasteiger partial charge in [-0.25, -0.2) is 0 Å². The molecule has 1 aromatic carbocycles. The van der Waals surface area contributed by atoms with Gasteiger partial charge in [-0.3, -0.25) is 0 Å². The second-order valence-corrected chi connectivity index (χ2v) is 4.65. The number of nitrogens with one attached hydrogen (secondary N) is 1. The van der Waals surface area contributed by atoms with E-state index in [0.717, 1.165) is 29.3 Å². The Hall–Kier alpha value is -1.45. The quantitative estimate of drug-likeness (QED) is 0.873. The molecular weight excluding hydrogens is 262 g/mol. The summed E-state index contributed by atoms with van der Waals surface area (Å²) in [5.41, 5.74) is 0.967. The van der Waals surface area contributed by atoms with Crippen molar-refractivity contribution in [3.8, 4) is 5.75 Å². The maximum atomic E-state index is 6.17. The van der Waals surface area contributed by atoms with Crippen molar-refractivity contribution < 1.29 is 9.15 Å². The SMILES string of the molecule is CCc1ccc(CNCc2c(Cl)cccc2OC)o1. The lowest BCUT2D eigenvalue weighted by atomic mass is 10.2. The Morgan fingerprint density at radius 1 is 1.16 bits per heavy atom. The first-order valence-electron chi connectivity index (χ1n) is 6.34. The van der Waals surface area contributed by atoms with Crippen molar-refractivity contribution in [1.29, 1.82) is 0 Å². The van der Waals surface area contributed by atoms with E-state index in [9.17, 15) is 0 Å². The minimum Gasteiger partial charge on any atom is -0.496 e. The summed E-state index contributed by atoms with van der Waals surface area (Å²) >= 11 is 6.17. The molecule has 0 bridgehead atoms. The molecule has 102 valence electrons. The summed E-state index contributed by atoms with van der Waals surface area (Å²) < 4.78 is 10.9. The molecule has 2 aromatic rings. The highest BCUT2D eigenvalue weighted by Gasteiger charge is 2.07. The summed E-state index contributed by atoms with van der Waals surface area (Å²) in [5.74, 6) is 2.74. The molecule has 0 fully saturated rings. The van der Waals surface area contributed by atoms with Crippen LogP contribution in [0.2, 0.25) is 5.02 Å². The molecular formula is C15H18ClNO2. The van der Waals surface area contributed by atoms with Crippen molar-refractivity contribution in [1.82, 2.24) is 5.32 Å². The summed E-state index contributed by atoms with van der Waals surface area (Å²) in [4.78, 5) is 0. The molecule has 19 heavy (non-hydrogen) atoms. The van der Waals surface area contributed by atoms with Gasteiger partial charge < -0.3 is 14.5 Å².